The molecule has 2 heteroatoms. The molecule has 0 fully saturated rings. The highest BCUT2D eigenvalue weighted by molar-refractivity contribution is 6.05. The number of nitrogens with zero attached hydrogens (tertiary/aromatic N) is 2. The van der Waals surface area contributed by atoms with Crippen molar-refractivity contribution < 1.29 is 0 Å². The van der Waals surface area contributed by atoms with Gasteiger partial charge in [0.2, 0.25) is 0 Å². The molecule has 10 aromatic rings. The maximum absolute atomic E-state index is 5.38. The Bertz CT molecular complexity index is 3100. The molecule has 59 heavy (non-hydrogen) atoms. The lowest BCUT2D eigenvalue weighted by Crippen LogP contribution is -2.28. The van der Waals surface area contributed by atoms with Gasteiger partial charge in [0.15, 0.2) is 5.82 Å². The van der Waals surface area contributed by atoms with E-state index in [0.717, 1.165) is 50.0 Å². The standard InChI is InChI=1S/C57H38N2/c1-5-19-39(20-6-1)44-27-13-16-31-50(44)55-38-54(40-21-7-2-8-22-40)58-56(59-55)51-36-35-45(46-28-14-15-29-47(46)51)41-33-34-49-48-30-17-18-32-52(48)57(53(49)37-41,42-23-9-3-10-24-42)43-25-11-4-12-26-43/h1-38H. The molecule has 1 aromatic heterocycles. The van der Waals surface area contributed by atoms with Gasteiger partial charge in [0, 0.05) is 16.7 Å². The predicted octanol–water partition coefficient (Wildman–Crippen LogP) is 14.3. The van der Waals surface area contributed by atoms with E-state index < -0.39 is 5.41 Å². The molecule has 2 nitrogen and oxygen atoms in total. The Morgan fingerprint density at radius 2 is 0.746 bits per heavy atom. The molecule has 0 bridgehead atoms. The number of hydrogen-bond acceptors (Lipinski definition) is 2. The van der Waals surface area contributed by atoms with Gasteiger partial charge in [-0.1, -0.05) is 212 Å². The molecule has 0 unspecified atom stereocenters. The van der Waals surface area contributed by atoms with E-state index in [4.69, 9.17) is 9.97 Å². The van der Waals surface area contributed by atoms with Gasteiger partial charge in [-0.2, -0.15) is 0 Å². The third kappa shape index (κ3) is 5.72. The lowest BCUT2D eigenvalue weighted by molar-refractivity contribution is 0.769. The first-order chi connectivity index (χ1) is 29.3. The van der Waals surface area contributed by atoms with E-state index in [1.54, 1.807) is 0 Å². The van der Waals surface area contributed by atoms with E-state index in [-0.39, 0.29) is 0 Å². The summed E-state index contributed by atoms with van der Waals surface area (Å²) in [6.07, 6.45) is 0. The second-order valence-electron chi connectivity index (χ2n) is 15.2. The third-order valence-corrected chi connectivity index (χ3v) is 12.0. The second kappa shape index (κ2) is 14.4. The van der Waals surface area contributed by atoms with Crippen LogP contribution in [0.2, 0.25) is 0 Å². The van der Waals surface area contributed by atoms with Crippen LogP contribution in [0.3, 0.4) is 0 Å². The minimum absolute atomic E-state index is 0.474. The average molecular weight is 751 g/mol. The van der Waals surface area contributed by atoms with Crippen molar-refractivity contribution in [1.29, 1.82) is 0 Å². The van der Waals surface area contributed by atoms with Crippen molar-refractivity contribution >= 4 is 10.8 Å². The molecular weight excluding hydrogens is 713 g/mol. The highest BCUT2D eigenvalue weighted by Crippen LogP contribution is 2.57. The van der Waals surface area contributed by atoms with Crippen LogP contribution in [0.15, 0.2) is 231 Å². The summed E-state index contributed by atoms with van der Waals surface area (Å²) >= 11 is 0. The van der Waals surface area contributed by atoms with Crippen LogP contribution in [0, 0.1) is 0 Å². The van der Waals surface area contributed by atoms with Crippen LogP contribution in [-0.2, 0) is 5.41 Å². The molecule has 0 N–H and O–H groups in total. The maximum atomic E-state index is 5.38. The topological polar surface area (TPSA) is 25.8 Å². The number of hydrogen-bond donors (Lipinski definition) is 0. The van der Waals surface area contributed by atoms with Crippen LogP contribution < -0.4 is 0 Å². The lowest BCUT2D eigenvalue weighted by Gasteiger charge is -2.34. The normalized spacial score (nSPS) is 12.5. The Morgan fingerprint density at radius 3 is 1.42 bits per heavy atom. The summed E-state index contributed by atoms with van der Waals surface area (Å²) in [5.41, 5.74) is 16.7. The van der Waals surface area contributed by atoms with Crippen molar-refractivity contribution in [1.82, 2.24) is 9.97 Å². The third-order valence-electron chi connectivity index (χ3n) is 12.0. The van der Waals surface area contributed by atoms with Gasteiger partial charge in [0.05, 0.1) is 16.8 Å². The molecule has 0 spiro atoms. The van der Waals surface area contributed by atoms with Crippen molar-refractivity contribution in [3.63, 3.8) is 0 Å². The molecule has 0 atom stereocenters. The van der Waals surface area contributed by atoms with Gasteiger partial charge in [-0.3, -0.25) is 0 Å². The van der Waals surface area contributed by atoms with Gasteiger partial charge in [-0.05, 0) is 84.6 Å². The molecular formula is C57H38N2. The fourth-order valence-corrected chi connectivity index (χ4v) is 9.40. The summed E-state index contributed by atoms with van der Waals surface area (Å²) < 4.78 is 0. The second-order valence-corrected chi connectivity index (χ2v) is 15.2. The van der Waals surface area contributed by atoms with Gasteiger partial charge in [-0.25, -0.2) is 9.97 Å². The molecule has 0 saturated carbocycles. The van der Waals surface area contributed by atoms with E-state index in [1.807, 2.05) is 6.07 Å². The molecule has 276 valence electrons. The van der Waals surface area contributed by atoms with Crippen LogP contribution in [-0.4, -0.2) is 9.97 Å². The Balaban J connectivity index is 1.11. The number of aromatic nitrogens is 2. The zero-order chi connectivity index (χ0) is 39.2. The predicted molar refractivity (Wildman–Crippen MR) is 244 cm³/mol. The smallest absolute Gasteiger partial charge is 0.161 e. The van der Waals surface area contributed by atoms with Crippen LogP contribution in [0.4, 0.5) is 0 Å². The zero-order valence-electron chi connectivity index (χ0n) is 32.3. The van der Waals surface area contributed by atoms with Crippen molar-refractivity contribution in [2.75, 3.05) is 0 Å². The molecule has 1 heterocycles. The molecule has 0 aliphatic heterocycles. The molecule has 11 rings (SSSR count). The first-order valence-corrected chi connectivity index (χ1v) is 20.2. The first kappa shape index (κ1) is 34.6. The Kier molecular flexibility index (Phi) is 8.41. The fourth-order valence-electron chi connectivity index (χ4n) is 9.40. The Hall–Kier alpha value is -7.68. The van der Waals surface area contributed by atoms with Crippen molar-refractivity contribution in [3.05, 3.63) is 253 Å². The van der Waals surface area contributed by atoms with E-state index in [9.17, 15) is 0 Å². The summed E-state index contributed by atoms with van der Waals surface area (Å²) in [5.74, 6) is 0.698. The van der Waals surface area contributed by atoms with Crippen LogP contribution in [0.1, 0.15) is 22.3 Å². The highest BCUT2D eigenvalue weighted by atomic mass is 14.9. The lowest BCUT2D eigenvalue weighted by atomic mass is 9.67. The zero-order valence-corrected chi connectivity index (χ0v) is 32.3. The average Bonchev–Trinajstić information content (AvgIpc) is 3.62. The largest absolute Gasteiger partial charge is 0.228 e. The first-order valence-electron chi connectivity index (χ1n) is 20.2. The molecule has 0 radical (unpaired) electrons. The van der Waals surface area contributed by atoms with Gasteiger partial charge >= 0.3 is 0 Å². The summed E-state index contributed by atoms with van der Waals surface area (Å²) in [7, 11) is 0. The van der Waals surface area contributed by atoms with E-state index in [0.29, 0.717) is 5.82 Å². The van der Waals surface area contributed by atoms with Crippen LogP contribution >= 0.6 is 0 Å². The van der Waals surface area contributed by atoms with Gasteiger partial charge in [0.1, 0.15) is 0 Å². The van der Waals surface area contributed by atoms with E-state index >= 15 is 0 Å². The quantitative estimate of drug-likeness (QED) is 0.162. The molecule has 1 aliphatic rings. The van der Waals surface area contributed by atoms with Gasteiger partial charge in [-0.15, -0.1) is 0 Å². The van der Waals surface area contributed by atoms with Crippen LogP contribution in [0.5, 0.6) is 0 Å². The molecule has 9 aromatic carbocycles. The summed E-state index contributed by atoms with van der Waals surface area (Å²) in [5, 5.41) is 2.27. The van der Waals surface area contributed by atoms with Crippen molar-refractivity contribution in [3.8, 4) is 67.3 Å². The summed E-state index contributed by atoms with van der Waals surface area (Å²) in [6.45, 7) is 0. The van der Waals surface area contributed by atoms with E-state index in [1.165, 1.54) is 44.5 Å². The minimum Gasteiger partial charge on any atom is -0.228 e. The van der Waals surface area contributed by atoms with Crippen molar-refractivity contribution in [2.45, 2.75) is 5.41 Å². The van der Waals surface area contributed by atoms with Gasteiger partial charge < -0.3 is 0 Å². The number of rotatable bonds is 7. The molecule has 0 saturated heterocycles. The highest BCUT2D eigenvalue weighted by Gasteiger charge is 2.46. The number of fused-ring (bicyclic) bond motifs is 4. The summed E-state index contributed by atoms with van der Waals surface area (Å²) in [6, 6.07) is 82.9. The van der Waals surface area contributed by atoms with Crippen molar-refractivity contribution in [2.24, 2.45) is 0 Å². The monoisotopic (exact) mass is 750 g/mol. The van der Waals surface area contributed by atoms with Gasteiger partial charge in [0.25, 0.3) is 0 Å². The molecule has 1 aliphatic carbocycles. The maximum Gasteiger partial charge on any atom is 0.161 e. The Morgan fingerprint density at radius 1 is 0.271 bits per heavy atom. The fraction of sp³-hybridized carbons (Fsp3) is 0.0175. The SMILES string of the molecule is c1ccc(-c2cc(-c3ccccc3-c3ccccc3)nc(-c3ccc(-c4ccc5c(c4)C(c4ccccc4)(c4ccccc4)c4ccccc4-5)c4ccccc34)n2)cc1. The number of benzene rings is 9. The summed E-state index contributed by atoms with van der Waals surface area (Å²) in [4.78, 5) is 10.7. The molecule has 0 amide bonds. The van der Waals surface area contributed by atoms with E-state index in [2.05, 4.69) is 224 Å². The minimum atomic E-state index is -0.474. The van der Waals surface area contributed by atoms with Crippen LogP contribution in [0.25, 0.3) is 78.1 Å². The Labute approximate surface area is 344 Å².